The lowest BCUT2D eigenvalue weighted by atomic mass is 10.2. The fourth-order valence-corrected chi connectivity index (χ4v) is 2.87. The summed E-state index contributed by atoms with van der Waals surface area (Å²) in [5.74, 6) is -0.544. The fraction of sp³-hybridized carbons (Fsp3) is 0.133. The van der Waals surface area contributed by atoms with E-state index in [1.165, 1.54) is 0 Å². The Hall–Kier alpha value is -1.21. The summed E-state index contributed by atoms with van der Waals surface area (Å²) in [6, 6.07) is 8.94. The van der Waals surface area contributed by atoms with Crippen molar-refractivity contribution < 1.29 is 8.78 Å². The maximum Gasteiger partial charge on any atom is 0.147 e. The first-order valence-electron chi connectivity index (χ1n) is 6.25. The lowest BCUT2D eigenvalue weighted by molar-refractivity contribution is 0.591. The Balaban J connectivity index is 2.39. The van der Waals surface area contributed by atoms with Crippen molar-refractivity contribution >= 4 is 45.2 Å². The van der Waals surface area contributed by atoms with Crippen molar-refractivity contribution in [3.63, 3.8) is 0 Å². The predicted molar refractivity (Wildman–Crippen MR) is 88.0 cm³/mol. The molecule has 3 rings (SSSR count). The molecule has 0 saturated carbocycles. The van der Waals surface area contributed by atoms with E-state index in [-0.39, 0.29) is 5.69 Å². The molecule has 0 bridgehead atoms. The molecule has 1 aromatic heterocycles. The average molecular weight is 419 g/mol. The van der Waals surface area contributed by atoms with Crippen molar-refractivity contribution in [2.45, 2.75) is 12.3 Å². The highest BCUT2D eigenvalue weighted by Gasteiger charge is 2.19. The molecule has 0 saturated heterocycles. The Kier molecular flexibility index (Phi) is 3.88. The second kappa shape index (κ2) is 5.53. The minimum atomic E-state index is -0.521. The largest absolute Gasteiger partial charge is 0.292 e. The summed E-state index contributed by atoms with van der Waals surface area (Å²) in [6.07, 6.45) is 0. The summed E-state index contributed by atoms with van der Waals surface area (Å²) in [6.45, 7) is 1.75. The molecular formula is C15H10ClF2IN2. The van der Waals surface area contributed by atoms with Crippen molar-refractivity contribution in [3.05, 3.63) is 57.4 Å². The number of nitrogens with zero attached hydrogens (tertiary/aromatic N) is 2. The van der Waals surface area contributed by atoms with Crippen LogP contribution in [0.25, 0.3) is 16.7 Å². The van der Waals surface area contributed by atoms with Crippen LogP contribution in [0.2, 0.25) is 0 Å². The van der Waals surface area contributed by atoms with Gasteiger partial charge in [-0.1, -0.05) is 0 Å². The number of aromatic nitrogens is 2. The molecule has 0 amide bonds. The predicted octanol–water partition coefficient (Wildman–Crippen LogP) is 5.21. The number of hydrogen-bond donors (Lipinski definition) is 0. The Bertz CT molecular complexity index is 830. The number of rotatable bonds is 2. The van der Waals surface area contributed by atoms with Crippen molar-refractivity contribution in [1.29, 1.82) is 0 Å². The molecule has 1 heterocycles. The number of imidazole rings is 1. The molecule has 1 atom stereocenters. The van der Waals surface area contributed by atoms with E-state index in [1.54, 1.807) is 11.5 Å². The molecule has 21 heavy (non-hydrogen) atoms. The first kappa shape index (κ1) is 14.7. The van der Waals surface area contributed by atoms with Crippen LogP contribution in [-0.4, -0.2) is 9.55 Å². The van der Waals surface area contributed by atoms with Crippen LogP contribution in [0.3, 0.4) is 0 Å². The highest BCUT2D eigenvalue weighted by Crippen LogP contribution is 2.30. The van der Waals surface area contributed by atoms with Crippen LogP contribution in [0.1, 0.15) is 18.1 Å². The second-order valence-corrected chi connectivity index (χ2v) is 6.55. The summed E-state index contributed by atoms with van der Waals surface area (Å²) < 4.78 is 30.2. The quantitative estimate of drug-likeness (QED) is 0.413. The van der Waals surface area contributed by atoms with E-state index in [4.69, 9.17) is 11.6 Å². The highest BCUT2D eigenvalue weighted by molar-refractivity contribution is 14.1. The van der Waals surface area contributed by atoms with E-state index in [2.05, 4.69) is 27.6 Å². The van der Waals surface area contributed by atoms with Crippen molar-refractivity contribution in [2.24, 2.45) is 0 Å². The lowest BCUT2D eigenvalue weighted by Crippen LogP contribution is -2.04. The monoisotopic (exact) mass is 418 g/mol. The number of hydrogen-bond acceptors (Lipinski definition) is 1. The highest BCUT2D eigenvalue weighted by atomic mass is 127. The number of benzene rings is 2. The maximum atomic E-state index is 14.1. The zero-order valence-electron chi connectivity index (χ0n) is 10.9. The van der Waals surface area contributed by atoms with Crippen molar-refractivity contribution in [3.8, 4) is 5.69 Å². The third-order valence-electron chi connectivity index (χ3n) is 3.15. The molecular weight excluding hydrogens is 409 g/mol. The van der Waals surface area contributed by atoms with Crippen LogP contribution in [0, 0.1) is 15.2 Å². The van der Waals surface area contributed by atoms with Crippen molar-refractivity contribution in [2.75, 3.05) is 0 Å². The van der Waals surface area contributed by atoms with E-state index in [0.29, 0.717) is 16.9 Å². The molecule has 0 aliphatic rings. The first-order chi connectivity index (χ1) is 9.97. The molecule has 3 aromatic rings. The maximum absolute atomic E-state index is 14.1. The van der Waals surface area contributed by atoms with Crippen LogP contribution in [0.5, 0.6) is 0 Å². The second-order valence-electron chi connectivity index (χ2n) is 4.65. The first-order valence-corrected chi connectivity index (χ1v) is 7.76. The molecule has 0 fully saturated rings. The van der Waals surface area contributed by atoms with Gasteiger partial charge in [-0.05, 0) is 59.8 Å². The number of halogens is 4. The van der Waals surface area contributed by atoms with E-state index >= 15 is 0 Å². The van der Waals surface area contributed by atoms with Crippen LogP contribution < -0.4 is 0 Å². The Labute approximate surface area is 138 Å². The van der Waals surface area contributed by atoms with Gasteiger partial charge in [0.05, 0.1) is 22.1 Å². The normalized spacial score (nSPS) is 12.8. The molecule has 0 radical (unpaired) electrons. The topological polar surface area (TPSA) is 17.8 Å². The van der Waals surface area contributed by atoms with Gasteiger partial charge in [0.25, 0.3) is 0 Å². The minimum absolute atomic E-state index is 0.112. The van der Waals surface area contributed by atoms with E-state index in [0.717, 1.165) is 21.8 Å². The fourth-order valence-electron chi connectivity index (χ4n) is 2.25. The summed E-state index contributed by atoms with van der Waals surface area (Å²) in [5, 5.41) is -0.433. The van der Waals surface area contributed by atoms with Gasteiger partial charge in [0.1, 0.15) is 17.5 Å². The summed E-state index contributed by atoms with van der Waals surface area (Å²) in [7, 11) is 0. The molecule has 0 aliphatic carbocycles. The average Bonchev–Trinajstić information content (AvgIpc) is 2.80. The third kappa shape index (κ3) is 2.64. The minimum Gasteiger partial charge on any atom is -0.292 e. The molecule has 0 N–H and O–H groups in total. The number of alkyl halides is 1. The molecule has 2 aromatic carbocycles. The van der Waals surface area contributed by atoms with Crippen LogP contribution in [0.15, 0.2) is 36.4 Å². The molecule has 6 heteroatoms. The summed E-state index contributed by atoms with van der Waals surface area (Å²) in [4.78, 5) is 4.46. The Morgan fingerprint density at radius 1 is 1.19 bits per heavy atom. The van der Waals surface area contributed by atoms with E-state index in [9.17, 15) is 8.78 Å². The summed E-state index contributed by atoms with van der Waals surface area (Å²) >= 11 is 8.34. The summed E-state index contributed by atoms with van der Waals surface area (Å²) in [5.41, 5.74) is 1.51. The standard InChI is InChI=1S/C15H10ClF2IN2/c1-8(16)15-20-12-7-10(19)3-5-13(12)21(15)14-6-9(17)2-4-11(14)18/h2-8H,1H3. The third-order valence-corrected chi connectivity index (χ3v) is 4.01. The van der Waals surface area contributed by atoms with Crippen molar-refractivity contribution in [1.82, 2.24) is 9.55 Å². The Morgan fingerprint density at radius 2 is 1.95 bits per heavy atom. The Morgan fingerprint density at radius 3 is 2.67 bits per heavy atom. The number of fused-ring (bicyclic) bond motifs is 1. The van der Waals surface area contributed by atoms with E-state index in [1.807, 2.05) is 18.2 Å². The van der Waals surface area contributed by atoms with E-state index < -0.39 is 17.0 Å². The smallest absolute Gasteiger partial charge is 0.147 e. The van der Waals surface area contributed by atoms with Gasteiger partial charge in [-0.25, -0.2) is 13.8 Å². The van der Waals surface area contributed by atoms with Crippen LogP contribution in [0.4, 0.5) is 8.78 Å². The van der Waals surface area contributed by atoms with Gasteiger partial charge >= 0.3 is 0 Å². The molecule has 0 aliphatic heterocycles. The molecule has 108 valence electrons. The SMILES string of the molecule is CC(Cl)c1nc2cc(I)ccc2n1-c1cc(F)ccc1F. The zero-order chi connectivity index (χ0) is 15.1. The van der Waals surface area contributed by atoms with Gasteiger partial charge in [-0.3, -0.25) is 4.57 Å². The van der Waals surface area contributed by atoms with Gasteiger partial charge in [0.15, 0.2) is 0 Å². The van der Waals surface area contributed by atoms with Crippen LogP contribution in [-0.2, 0) is 0 Å². The van der Waals surface area contributed by atoms with Gasteiger partial charge in [0, 0.05) is 9.64 Å². The molecule has 1 unspecified atom stereocenters. The molecule has 0 spiro atoms. The van der Waals surface area contributed by atoms with Gasteiger partial charge in [-0.2, -0.15) is 0 Å². The zero-order valence-corrected chi connectivity index (χ0v) is 13.9. The van der Waals surface area contributed by atoms with Gasteiger partial charge in [-0.15, -0.1) is 11.6 Å². The van der Waals surface area contributed by atoms with Crippen LogP contribution >= 0.6 is 34.2 Å². The molecule has 2 nitrogen and oxygen atoms in total. The van der Waals surface area contributed by atoms with Gasteiger partial charge < -0.3 is 0 Å². The van der Waals surface area contributed by atoms with Gasteiger partial charge in [0.2, 0.25) is 0 Å². The lowest BCUT2D eigenvalue weighted by Gasteiger charge is -2.11.